The first-order valence-corrected chi connectivity index (χ1v) is 13.3. The van der Waals surface area contributed by atoms with Gasteiger partial charge in [-0.2, -0.15) is 13.9 Å². The second-order valence-electron chi connectivity index (χ2n) is 11.2. The van der Waals surface area contributed by atoms with E-state index in [1.165, 1.54) is 0 Å². The van der Waals surface area contributed by atoms with Gasteiger partial charge >= 0.3 is 6.55 Å². The van der Waals surface area contributed by atoms with Crippen molar-refractivity contribution >= 4 is 16.9 Å². The van der Waals surface area contributed by atoms with Crippen LogP contribution >= 0.6 is 0 Å². The third kappa shape index (κ3) is 5.24. The summed E-state index contributed by atoms with van der Waals surface area (Å²) in [5.74, 6) is 0.664. The lowest BCUT2D eigenvalue weighted by Gasteiger charge is -2.26. The molecule has 0 bridgehead atoms. The number of likely N-dealkylation sites (tertiary alicyclic amines) is 1. The van der Waals surface area contributed by atoms with Crippen LogP contribution in [0.5, 0.6) is 11.6 Å². The molecule has 3 atom stereocenters. The normalized spacial score (nSPS) is 17.6. The number of halogens is 2. The number of hydrogen-bond acceptors (Lipinski definition) is 6. The van der Waals surface area contributed by atoms with Crippen molar-refractivity contribution in [2.45, 2.75) is 65.3 Å². The molecule has 4 heterocycles. The Morgan fingerprint density at radius 2 is 1.85 bits per heavy atom. The molecule has 0 N–H and O–H groups in total. The van der Waals surface area contributed by atoms with Crippen molar-refractivity contribution in [2.75, 3.05) is 13.7 Å². The van der Waals surface area contributed by atoms with Gasteiger partial charge in [0.05, 0.1) is 36.1 Å². The summed E-state index contributed by atoms with van der Waals surface area (Å²) >= 11 is 0. The van der Waals surface area contributed by atoms with Crippen LogP contribution in [0.3, 0.4) is 0 Å². The number of rotatable bonds is 8. The summed E-state index contributed by atoms with van der Waals surface area (Å²) in [4.78, 5) is 23.7. The van der Waals surface area contributed by atoms with Gasteiger partial charge in [-0.1, -0.05) is 12.1 Å². The van der Waals surface area contributed by atoms with Crippen molar-refractivity contribution in [1.82, 2.24) is 29.2 Å². The van der Waals surface area contributed by atoms with Crippen LogP contribution in [-0.2, 0) is 10.3 Å². The fourth-order valence-electron chi connectivity index (χ4n) is 5.01. The fraction of sp³-hybridized carbons (Fsp3) is 0.448. The first kappa shape index (κ1) is 27.5. The molecule has 1 fully saturated rings. The highest BCUT2D eigenvalue weighted by atomic mass is 19.3. The van der Waals surface area contributed by atoms with Gasteiger partial charge in [0.1, 0.15) is 23.7 Å². The molecule has 1 unspecified atom stereocenters. The Balaban J connectivity index is 1.42. The van der Waals surface area contributed by atoms with Crippen LogP contribution in [0.4, 0.5) is 8.78 Å². The molecule has 0 saturated carbocycles. The molecule has 1 aliphatic heterocycles. The predicted octanol–water partition coefficient (Wildman–Crippen LogP) is 5.83. The maximum Gasteiger partial charge on any atom is 0.320 e. The van der Waals surface area contributed by atoms with Crippen LogP contribution in [0.1, 0.15) is 59.2 Å². The third-order valence-corrected chi connectivity index (χ3v) is 7.51. The molecule has 0 radical (unpaired) electrons. The number of hydrogen-bond donors (Lipinski definition) is 0. The second-order valence-corrected chi connectivity index (χ2v) is 11.2. The summed E-state index contributed by atoms with van der Waals surface area (Å²) in [5.41, 5.74) is 2.45. The zero-order valence-electron chi connectivity index (χ0n) is 23.5. The molecule has 1 aromatic carbocycles. The number of carbonyl (C=O) groups is 1. The van der Waals surface area contributed by atoms with E-state index in [0.717, 1.165) is 27.8 Å². The van der Waals surface area contributed by atoms with E-state index in [9.17, 15) is 13.6 Å². The van der Waals surface area contributed by atoms with Crippen LogP contribution in [0.15, 0.2) is 49.1 Å². The molecule has 3 aromatic heterocycles. The Labute approximate surface area is 231 Å². The average Bonchev–Trinajstić information content (AvgIpc) is 3.66. The van der Waals surface area contributed by atoms with Gasteiger partial charge < -0.3 is 14.4 Å². The number of benzene rings is 1. The fourth-order valence-corrected chi connectivity index (χ4v) is 5.01. The molecular weight excluding hydrogens is 518 g/mol. The third-order valence-electron chi connectivity index (χ3n) is 7.51. The molecule has 212 valence electrons. The van der Waals surface area contributed by atoms with Crippen molar-refractivity contribution in [3.05, 3.63) is 54.6 Å². The Morgan fingerprint density at radius 1 is 1.12 bits per heavy atom. The zero-order chi connectivity index (χ0) is 28.8. The number of amides is 1. The van der Waals surface area contributed by atoms with Crippen molar-refractivity contribution in [3.63, 3.8) is 0 Å². The topological polar surface area (TPSA) is 87.3 Å². The van der Waals surface area contributed by atoms with Gasteiger partial charge in [-0.3, -0.25) is 14.0 Å². The van der Waals surface area contributed by atoms with E-state index in [4.69, 9.17) is 9.47 Å². The van der Waals surface area contributed by atoms with Gasteiger partial charge in [-0.05, 0) is 58.4 Å². The van der Waals surface area contributed by atoms with E-state index in [1.54, 1.807) is 19.4 Å². The Hall–Kier alpha value is -4.02. The van der Waals surface area contributed by atoms with Crippen molar-refractivity contribution < 1.29 is 23.0 Å². The maximum atomic E-state index is 13.9. The van der Waals surface area contributed by atoms with E-state index in [2.05, 4.69) is 15.1 Å². The van der Waals surface area contributed by atoms with Crippen LogP contribution < -0.4 is 9.47 Å². The van der Waals surface area contributed by atoms with Crippen LogP contribution in [0.25, 0.3) is 22.3 Å². The maximum absolute atomic E-state index is 13.9. The standard InChI is InChI=1S/C29H34F2N6O3/c1-17(19-7-9-22(39-6)10-8-19)35-14-20(11-25(35)38)18(2)40-27-26-24(32-16-36(26)28(30)31)12-23(34-27)21-13-33-37(15-21)29(3,4)5/h7-10,12-13,15-18,20,28H,11,14H2,1-6H3/t17-,18-,20?/m1/s1. The van der Waals surface area contributed by atoms with Gasteiger partial charge in [0, 0.05) is 30.6 Å². The summed E-state index contributed by atoms with van der Waals surface area (Å²) in [7, 11) is 1.61. The van der Waals surface area contributed by atoms with Gasteiger partial charge in [-0.15, -0.1) is 0 Å². The monoisotopic (exact) mass is 552 g/mol. The van der Waals surface area contributed by atoms with E-state index in [-0.39, 0.29) is 41.2 Å². The number of imidazole rings is 1. The first-order valence-electron chi connectivity index (χ1n) is 13.3. The lowest BCUT2D eigenvalue weighted by molar-refractivity contribution is -0.129. The largest absolute Gasteiger partial charge is 0.497 e. The number of pyridine rings is 1. The highest BCUT2D eigenvalue weighted by Gasteiger charge is 2.37. The van der Waals surface area contributed by atoms with E-state index >= 15 is 0 Å². The van der Waals surface area contributed by atoms with Crippen LogP contribution in [0.2, 0.25) is 0 Å². The number of alkyl halides is 2. The molecule has 11 heteroatoms. The second kappa shape index (κ2) is 10.5. The van der Waals surface area contributed by atoms with Gasteiger partial charge in [0.25, 0.3) is 0 Å². The highest BCUT2D eigenvalue weighted by molar-refractivity contribution is 5.84. The number of carbonyl (C=O) groups excluding carboxylic acids is 1. The minimum absolute atomic E-state index is 0.0165. The van der Waals surface area contributed by atoms with E-state index < -0.39 is 12.7 Å². The molecule has 4 aromatic rings. The van der Waals surface area contributed by atoms with Gasteiger partial charge in [-0.25, -0.2) is 9.97 Å². The van der Waals surface area contributed by atoms with Crippen LogP contribution in [-0.4, -0.2) is 54.9 Å². The Kier molecular flexibility index (Phi) is 7.24. The lowest BCUT2D eigenvalue weighted by atomic mass is 10.0. The lowest BCUT2D eigenvalue weighted by Crippen LogP contribution is -2.31. The number of fused-ring (bicyclic) bond motifs is 1. The number of aromatic nitrogens is 5. The summed E-state index contributed by atoms with van der Waals surface area (Å²) in [6, 6.07) is 9.16. The smallest absolute Gasteiger partial charge is 0.320 e. The number of nitrogens with zero attached hydrogens (tertiary/aromatic N) is 6. The summed E-state index contributed by atoms with van der Waals surface area (Å²) in [6.45, 7) is 7.59. The summed E-state index contributed by atoms with van der Waals surface area (Å²) < 4.78 is 41.8. The average molecular weight is 553 g/mol. The van der Waals surface area contributed by atoms with Gasteiger partial charge in [0.15, 0.2) is 0 Å². The molecule has 5 rings (SSSR count). The van der Waals surface area contributed by atoms with Crippen molar-refractivity contribution in [3.8, 4) is 22.9 Å². The number of methoxy groups -OCH3 is 1. The molecule has 1 aliphatic rings. The molecule has 0 aliphatic carbocycles. The summed E-state index contributed by atoms with van der Waals surface area (Å²) in [6.07, 6.45) is 4.46. The molecule has 1 saturated heterocycles. The minimum atomic E-state index is -2.81. The molecular formula is C29H34F2N6O3. The molecule has 0 spiro atoms. The minimum Gasteiger partial charge on any atom is -0.497 e. The number of ether oxygens (including phenoxy) is 2. The molecule has 9 nitrogen and oxygen atoms in total. The van der Waals surface area contributed by atoms with Gasteiger partial charge in [0.2, 0.25) is 11.8 Å². The van der Waals surface area contributed by atoms with Crippen molar-refractivity contribution in [1.29, 1.82) is 0 Å². The Morgan fingerprint density at radius 3 is 2.48 bits per heavy atom. The van der Waals surface area contributed by atoms with Crippen LogP contribution in [0, 0.1) is 5.92 Å². The summed E-state index contributed by atoms with van der Waals surface area (Å²) in [5, 5.41) is 4.44. The predicted molar refractivity (Wildman–Crippen MR) is 146 cm³/mol. The van der Waals surface area contributed by atoms with E-state index in [0.29, 0.717) is 17.8 Å². The Bertz CT molecular complexity index is 1510. The van der Waals surface area contributed by atoms with E-state index in [1.807, 2.05) is 74.7 Å². The molecule has 40 heavy (non-hydrogen) atoms. The first-order chi connectivity index (χ1) is 19.0. The highest BCUT2D eigenvalue weighted by Crippen LogP contribution is 2.35. The molecule has 1 amide bonds. The quantitative estimate of drug-likeness (QED) is 0.273. The zero-order valence-corrected chi connectivity index (χ0v) is 23.5. The SMILES string of the molecule is COc1ccc([C@@H](C)N2CC([C@@H](C)Oc3nc(-c4cnn(C(C)(C)C)c4)cc4ncn(C(F)F)c34)CC2=O)cc1. The van der Waals surface area contributed by atoms with Crippen molar-refractivity contribution in [2.24, 2.45) is 5.92 Å².